The summed E-state index contributed by atoms with van der Waals surface area (Å²) in [6.45, 7) is 10.5. The number of thiol groups is 1. The Morgan fingerprint density at radius 2 is 0.947 bits per heavy atom. The van der Waals surface area contributed by atoms with E-state index in [0.717, 1.165) is 24.2 Å². The second-order valence-electron chi connectivity index (χ2n) is 19.8. The average molecular weight is 1350 g/mol. The van der Waals surface area contributed by atoms with Gasteiger partial charge in [-0.25, -0.2) is 0 Å². The topological polar surface area (TPSA) is 352 Å². The van der Waals surface area contributed by atoms with Crippen molar-refractivity contribution in [3.63, 3.8) is 0 Å². The van der Waals surface area contributed by atoms with Crippen LogP contribution in [0.3, 0.4) is 0 Å². The number of primary amides is 2. The van der Waals surface area contributed by atoms with Crippen molar-refractivity contribution in [1.29, 1.82) is 0 Å². The number of nitrogens with two attached hydrogens (primary N) is 3. The summed E-state index contributed by atoms with van der Waals surface area (Å²) >= 11 is 7.19. The van der Waals surface area contributed by atoms with E-state index in [0.29, 0.717) is 56.9 Å². The van der Waals surface area contributed by atoms with Crippen LogP contribution in [0.5, 0.6) is 0 Å². The highest BCUT2D eigenvalue weighted by Crippen LogP contribution is 2.33. The Hall–Kier alpha value is -10.1. The number of allylic oxidation sites excluding steroid dienone is 2. The van der Waals surface area contributed by atoms with Crippen LogP contribution in [0.25, 0.3) is 6.08 Å². The standard InChI is InChI=1S/C30H32N4O4S.C17H17N5O3.C12H16O2S.C8H8.C3H6O2S.2CH4/c1-3-27(22-10-5-4-6-11-22)39-16-15-26(36)18-21-9-7-13-24(17-21)32-30(38)28(20(2)35)34-33-25-14-8-12-23(19-25)29(31)37;1-10(23)15(17(25)20-13-6-3-5-12(18)9-13)22-21-14-7-2-4-11(8-14)16(19)24;1-2-11(15-9-8-12(13)14)10-6-4-3-5-7-10;1-2-8-6-4-3-5-7-8;4-3(5)1-2-6;;/h4-14,17,19,27,35H,3,15-16,18H2,1-2H3,(H2,31,37)(H,32,38);2-9,23H,18H2,1H3,(H2,19,24)(H,20,25);3-7,11H,2,8-9H2,1H3,(H,13,14);2-7H,1H2;6H,1-2H2,(H,4,5);2*1H4. The number of carbonyl (C=O) groups excluding carboxylic acids is 5. The number of benzene rings is 7. The highest BCUT2D eigenvalue weighted by molar-refractivity contribution is 7.99. The number of ketones is 1. The van der Waals surface area contributed by atoms with Gasteiger partial charge in [0.15, 0.2) is 11.4 Å². The van der Waals surface area contributed by atoms with Crippen LogP contribution in [-0.2, 0) is 30.4 Å². The van der Waals surface area contributed by atoms with Crippen LogP contribution in [0.1, 0.15) is 128 Å². The van der Waals surface area contributed by atoms with Gasteiger partial charge in [-0.3, -0.25) is 33.6 Å². The fourth-order valence-corrected chi connectivity index (χ4v) is 10.4. The maximum absolute atomic E-state index is 12.8. The molecule has 0 aliphatic heterocycles. The van der Waals surface area contributed by atoms with Crippen LogP contribution in [0.2, 0.25) is 0 Å². The third kappa shape index (κ3) is 33.9. The first-order chi connectivity index (χ1) is 44.6. The normalized spacial score (nSPS) is 11.5. The minimum Gasteiger partial charge on any atom is -0.510 e. The Bertz CT molecular complexity index is 3680. The summed E-state index contributed by atoms with van der Waals surface area (Å²) in [6.07, 6.45) is 4.97. The monoisotopic (exact) mass is 1350 g/mol. The van der Waals surface area contributed by atoms with Crippen molar-refractivity contribution < 1.29 is 54.0 Å². The number of Topliss-reactive ketones (excluding diaryl/α,β-unsaturated/α-hetero) is 1. The summed E-state index contributed by atoms with van der Waals surface area (Å²) in [5, 5.41) is 57.6. The van der Waals surface area contributed by atoms with Crippen molar-refractivity contribution in [3.8, 4) is 0 Å². The number of rotatable bonds is 27. The smallest absolute Gasteiger partial charge is 0.304 e. The molecule has 0 aliphatic carbocycles. The van der Waals surface area contributed by atoms with Gasteiger partial charge in [0.2, 0.25) is 11.8 Å². The van der Waals surface area contributed by atoms with E-state index in [9.17, 15) is 43.8 Å². The second kappa shape index (κ2) is 46.9. The molecule has 23 heteroatoms. The number of azo groups is 2. The second-order valence-corrected chi connectivity index (χ2v) is 22.8. The number of nitrogens with one attached hydrogen (secondary N) is 2. The van der Waals surface area contributed by atoms with Gasteiger partial charge in [-0.2, -0.15) is 46.4 Å². The largest absolute Gasteiger partial charge is 0.510 e. The van der Waals surface area contributed by atoms with Crippen molar-refractivity contribution >= 4 is 112 Å². The zero-order valence-electron chi connectivity index (χ0n) is 52.1. The predicted octanol–water partition coefficient (Wildman–Crippen LogP) is 16.9. The molecule has 0 radical (unpaired) electrons. The Kier molecular flexibility index (Phi) is 40.9. The molecule has 0 heterocycles. The number of nitrogens with zero attached hydrogens (tertiary/aromatic N) is 4. The van der Waals surface area contributed by atoms with Gasteiger partial charge in [0.05, 0.1) is 24.2 Å². The summed E-state index contributed by atoms with van der Waals surface area (Å²) in [6, 6.07) is 56.4. The van der Waals surface area contributed by atoms with Gasteiger partial charge in [-0.1, -0.05) is 163 Å². The lowest BCUT2D eigenvalue weighted by Crippen LogP contribution is -2.15. The van der Waals surface area contributed by atoms with E-state index in [1.54, 1.807) is 90.3 Å². The zero-order valence-corrected chi connectivity index (χ0v) is 54.7. The zero-order chi connectivity index (χ0) is 68.5. The lowest BCUT2D eigenvalue weighted by atomic mass is 10.1. The Morgan fingerprint density at radius 3 is 1.32 bits per heavy atom. The summed E-state index contributed by atoms with van der Waals surface area (Å²) in [7, 11) is 0. The molecule has 0 fully saturated rings. The van der Waals surface area contributed by atoms with Crippen LogP contribution in [0.4, 0.5) is 28.4 Å². The molecule has 7 rings (SSSR count). The predicted molar refractivity (Wildman–Crippen MR) is 390 cm³/mol. The van der Waals surface area contributed by atoms with E-state index in [2.05, 4.69) is 88.4 Å². The highest BCUT2D eigenvalue weighted by atomic mass is 32.2. The van der Waals surface area contributed by atoms with Gasteiger partial charge < -0.3 is 48.3 Å². The SMILES string of the molecule is C.C.C=Cc1ccccc1.CC(O)=C(N=Nc1cccc(C(N)=O)c1)C(=O)Nc1cccc(N)c1.CCC(SCCC(=O)Cc1cccc(NC(=O)C(N=Nc2cccc(C(N)=O)c2)=C(C)O)c1)c1ccccc1.CCC(SCCC(=O)O)c1ccccc1.O=C(O)CCS. The Balaban J connectivity index is 0.000000684. The number of aliphatic hydroxyl groups is 2. The van der Waals surface area contributed by atoms with E-state index >= 15 is 0 Å². The van der Waals surface area contributed by atoms with Crippen LogP contribution < -0.4 is 27.8 Å². The van der Waals surface area contributed by atoms with Crippen LogP contribution in [-0.4, -0.2) is 79.0 Å². The van der Waals surface area contributed by atoms with Gasteiger partial charge in [0, 0.05) is 68.8 Å². The first-order valence-corrected chi connectivity index (χ1v) is 31.9. The molecule has 2 atom stereocenters. The lowest BCUT2D eigenvalue weighted by Gasteiger charge is -2.14. The van der Waals surface area contributed by atoms with Crippen molar-refractivity contribution in [2.45, 2.75) is 91.6 Å². The fraction of sp³-hybridized carbons (Fsp3) is 0.236. The van der Waals surface area contributed by atoms with Crippen LogP contribution >= 0.6 is 36.2 Å². The molecule has 7 aromatic carbocycles. The quantitative estimate of drug-likeness (QED) is 0.00752. The molecule has 0 saturated carbocycles. The first kappa shape index (κ1) is 82.9. The highest BCUT2D eigenvalue weighted by Gasteiger charge is 2.17. The number of hydrogen-bond acceptors (Lipinski definition) is 17. The number of thioether (sulfide) groups is 2. The molecule has 20 nitrogen and oxygen atoms in total. The van der Waals surface area contributed by atoms with Crippen molar-refractivity contribution in [1.82, 2.24) is 0 Å². The van der Waals surface area contributed by atoms with Crippen LogP contribution in [0, 0.1) is 0 Å². The first-order valence-electron chi connectivity index (χ1n) is 29.1. The van der Waals surface area contributed by atoms with E-state index in [1.807, 2.05) is 78.9 Å². The molecule has 4 amide bonds. The van der Waals surface area contributed by atoms with Gasteiger partial charge >= 0.3 is 11.9 Å². The van der Waals surface area contributed by atoms with Gasteiger partial charge in [-0.05, 0) is 116 Å². The van der Waals surface area contributed by atoms with E-state index in [-0.39, 0.29) is 73.9 Å². The molecule has 0 spiro atoms. The van der Waals surface area contributed by atoms with E-state index in [1.165, 1.54) is 54.8 Å². The number of carboxylic acids is 2. The third-order valence-electron chi connectivity index (χ3n) is 12.4. The fourth-order valence-electron chi connectivity index (χ4n) is 7.82. The van der Waals surface area contributed by atoms with Gasteiger partial charge in [-0.15, -0.1) is 10.2 Å². The average Bonchev–Trinajstić information content (AvgIpc) is 1.13. The molecule has 0 aliphatic rings. The van der Waals surface area contributed by atoms with E-state index < -0.39 is 35.6 Å². The number of amides is 4. The molecular formula is C72H87N9O11S3. The molecule has 95 heavy (non-hydrogen) atoms. The number of aliphatic hydroxyl groups excluding tert-OH is 2. The van der Waals surface area contributed by atoms with Gasteiger partial charge in [0.1, 0.15) is 17.3 Å². The maximum Gasteiger partial charge on any atom is 0.304 e. The van der Waals surface area contributed by atoms with Crippen molar-refractivity contribution in [3.05, 3.63) is 251 Å². The number of carboxylic acid groups (broad SMARTS) is 2. The third-order valence-corrected chi connectivity index (χ3v) is 15.5. The molecular weight excluding hydrogens is 1260 g/mol. The molecule has 2 unspecified atom stereocenters. The lowest BCUT2D eigenvalue weighted by molar-refractivity contribution is -0.137. The summed E-state index contributed by atoms with van der Waals surface area (Å²) in [5.74, 6) is -2.72. The number of nitrogen functional groups attached to an aromatic ring is 1. The van der Waals surface area contributed by atoms with Crippen molar-refractivity contribution in [2.24, 2.45) is 31.9 Å². The molecule has 7 aromatic rings. The molecule has 0 saturated heterocycles. The molecule has 504 valence electrons. The number of aliphatic carboxylic acids is 2. The minimum atomic E-state index is -0.787. The van der Waals surface area contributed by atoms with Gasteiger partial charge in [0.25, 0.3) is 11.8 Å². The Labute approximate surface area is 570 Å². The summed E-state index contributed by atoms with van der Waals surface area (Å²) in [5.41, 5.74) is 22.6. The molecule has 0 aromatic heterocycles. The minimum absolute atomic E-state index is 0. The molecule has 0 bridgehead atoms. The maximum atomic E-state index is 12.8. The van der Waals surface area contributed by atoms with Crippen LogP contribution in [0.15, 0.2) is 238 Å². The number of hydrogen-bond donors (Lipinski definition) is 10. The Morgan fingerprint density at radius 1 is 0.537 bits per heavy atom. The number of anilines is 3. The summed E-state index contributed by atoms with van der Waals surface area (Å²) < 4.78 is 0. The molecule has 12 N–H and O–H groups in total. The van der Waals surface area contributed by atoms with E-state index in [4.69, 9.17) is 27.4 Å². The summed E-state index contributed by atoms with van der Waals surface area (Å²) in [4.78, 5) is 80.2. The number of carbonyl (C=O) groups is 7. The van der Waals surface area contributed by atoms with Crippen molar-refractivity contribution in [2.75, 3.05) is 33.6 Å².